The quantitative estimate of drug-likeness (QED) is 0.346. The summed E-state index contributed by atoms with van der Waals surface area (Å²) in [5.41, 5.74) is 1.28. The third-order valence-corrected chi connectivity index (χ3v) is 3.10. The molecule has 0 amide bonds. The molecule has 1 aromatic rings. The van der Waals surface area contributed by atoms with Crippen molar-refractivity contribution in [3.05, 3.63) is 39.4 Å². The summed E-state index contributed by atoms with van der Waals surface area (Å²) in [6, 6.07) is 4.29. The SMILES string of the molecule is CS(=O)(=O)OCCc1cc([N+](=O)[O-])ccc1CCl. The number of alkyl halides is 1. The maximum atomic E-state index is 10.8. The molecule has 0 bridgehead atoms. The van der Waals surface area contributed by atoms with E-state index >= 15 is 0 Å². The fourth-order valence-corrected chi connectivity index (χ4v) is 2.04. The largest absolute Gasteiger partial charge is 0.270 e. The van der Waals surface area contributed by atoms with E-state index in [1.54, 1.807) is 6.07 Å². The second-order valence-corrected chi connectivity index (χ2v) is 5.53. The van der Waals surface area contributed by atoms with Crippen molar-refractivity contribution < 1.29 is 17.5 Å². The van der Waals surface area contributed by atoms with Gasteiger partial charge < -0.3 is 0 Å². The van der Waals surface area contributed by atoms with Crippen LogP contribution < -0.4 is 0 Å². The van der Waals surface area contributed by atoms with E-state index in [0.29, 0.717) is 5.56 Å². The molecule has 0 atom stereocenters. The molecule has 0 fully saturated rings. The van der Waals surface area contributed by atoms with Crippen LogP contribution in [-0.4, -0.2) is 26.2 Å². The molecule has 18 heavy (non-hydrogen) atoms. The van der Waals surface area contributed by atoms with Crippen LogP contribution in [0, 0.1) is 10.1 Å². The molecule has 0 unspecified atom stereocenters. The molecule has 0 aliphatic carbocycles. The van der Waals surface area contributed by atoms with Crippen molar-refractivity contribution in [3.8, 4) is 0 Å². The smallest absolute Gasteiger partial charge is 0.269 e. The molecule has 1 aromatic carbocycles. The zero-order chi connectivity index (χ0) is 13.8. The summed E-state index contributed by atoms with van der Waals surface area (Å²) in [5, 5.41) is 10.6. The van der Waals surface area contributed by atoms with Crippen molar-refractivity contribution in [1.82, 2.24) is 0 Å². The summed E-state index contributed by atoms with van der Waals surface area (Å²) in [4.78, 5) is 10.1. The van der Waals surface area contributed by atoms with E-state index in [1.165, 1.54) is 12.1 Å². The number of hydrogen-bond donors (Lipinski definition) is 0. The average molecular weight is 294 g/mol. The van der Waals surface area contributed by atoms with Crippen molar-refractivity contribution in [3.63, 3.8) is 0 Å². The number of nitro benzene ring substituents is 1. The molecular formula is C10H12ClNO5S. The van der Waals surface area contributed by atoms with E-state index in [0.717, 1.165) is 11.8 Å². The van der Waals surface area contributed by atoms with Crippen LogP contribution >= 0.6 is 11.6 Å². The molecule has 100 valence electrons. The van der Waals surface area contributed by atoms with E-state index in [1.807, 2.05) is 0 Å². The van der Waals surface area contributed by atoms with Crippen LogP contribution in [0.25, 0.3) is 0 Å². The summed E-state index contributed by atoms with van der Waals surface area (Å²) < 4.78 is 26.2. The molecule has 0 aromatic heterocycles. The lowest BCUT2D eigenvalue weighted by atomic mass is 10.1. The first-order valence-electron chi connectivity index (χ1n) is 5.00. The molecule has 1 rings (SSSR count). The number of hydrogen-bond acceptors (Lipinski definition) is 5. The van der Waals surface area contributed by atoms with Gasteiger partial charge in [0.2, 0.25) is 0 Å². The Morgan fingerprint density at radius 1 is 1.39 bits per heavy atom. The van der Waals surface area contributed by atoms with Crippen LogP contribution in [0.15, 0.2) is 18.2 Å². The molecule has 8 heteroatoms. The molecule has 0 aliphatic heterocycles. The van der Waals surface area contributed by atoms with Crippen molar-refractivity contribution >= 4 is 27.4 Å². The van der Waals surface area contributed by atoms with Crippen molar-refractivity contribution in [2.75, 3.05) is 12.9 Å². The summed E-state index contributed by atoms with van der Waals surface area (Å²) in [6.07, 6.45) is 1.19. The van der Waals surface area contributed by atoms with E-state index in [2.05, 4.69) is 4.18 Å². The lowest BCUT2D eigenvalue weighted by Crippen LogP contribution is -2.07. The summed E-state index contributed by atoms with van der Waals surface area (Å²) in [6.45, 7) is -0.0656. The highest BCUT2D eigenvalue weighted by molar-refractivity contribution is 7.85. The molecule has 0 spiro atoms. The van der Waals surface area contributed by atoms with Crippen LogP contribution in [0.4, 0.5) is 5.69 Å². The van der Waals surface area contributed by atoms with Crippen LogP contribution in [0.3, 0.4) is 0 Å². The Kier molecular flexibility index (Phi) is 5.06. The zero-order valence-electron chi connectivity index (χ0n) is 9.63. The predicted molar refractivity (Wildman–Crippen MR) is 67.2 cm³/mol. The van der Waals surface area contributed by atoms with Gasteiger partial charge in [-0.15, -0.1) is 11.6 Å². The van der Waals surface area contributed by atoms with Gasteiger partial charge >= 0.3 is 0 Å². The molecule has 0 saturated heterocycles. The number of nitrogens with zero attached hydrogens (tertiary/aromatic N) is 1. The standard InChI is InChI=1S/C10H12ClNO5S/c1-18(15,16)17-5-4-8-6-10(12(13)14)3-2-9(8)7-11/h2-3,6H,4-5,7H2,1H3. The fraction of sp³-hybridized carbons (Fsp3) is 0.400. The number of halogens is 1. The maximum Gasteiger partial charge on any atom is 0.269 e. The van der Waals surface area contributed by atoms with E-state index in [9.17, 15) is 18.5 Å². The first-order chi connectivity index (χ1) is 8.33. The molecule has 0 aliphatic rings. The van der Waals surface area contributed by atoms with Crippen LogP contribution in [0.5, 0.6) is 0 Å². The Morgan fingerprint density at radius 3 is 2.56 bits per heavy atom. The van der Waals surface area contributed by atoms with Gasteiger partial charge in [0.25, 0.3) is 15.8 Å². The van der Waals surface area contributed by atoms with Gasteiger partial charge in [-0.1, -0.05) is 6.07 Å². The van der Waals surface area contributed by atoms with Gasteiger partial charge in [0.1, 0.15) is 0 Å². The summed E-state index contributed by atoms with van der Waals surface area (Å²) in [5.74, 6) is 0.201. The van der Waals surface area contributed by atoms with Gasteiger partial charge in [-0.25, -0.2) is 0 Å². The van der Waals surface area contributed by atoms with E-state index in [4.69, 9.17) is 11.6 Å². The third-order valence-electron chi connectivity index (χ3n) is 2.21. The van der Waals surface area contributed by atoms with Crippen LogP contribution in [0.1, 0.15) is 11.1 Å². The highest BCUT2D eigenvalue weighted by Crippen LogP contribution is 2.20. The minimum atomic E-state index is -3.51. The van der Waals surface area contributed by atoms with Gasteiger partial charge in [0, 0.05) is 18.0 Å². The molecule has 0 heterocycles. The van der Waals surface area contributed by atoms with Gasteiger partial charge in [-0.3, -0.25) is 14.3 Å². The fourth-order valence-electron chi connectivity index (χ4n) is 1.39. The van der Waals surface area contributed by atoms with Crippen LogP contribution in [-0.2, 0) is 26.6 Å². The summed E-state index contributed by atoms with van der Waals surface area (Å²) in [7, 11) is -3.51. The Bertz CT molecular complexity index is 543. The minimum Gasteiger partial charge on any atom is -0.270 e. The number of rotatable bonds is 6. The molecular weight excluding hydrogens is 282 g/mol. The minimum absolute atomic E-state index is 0.0572. The highest BCUT2D eigenvalue weighted by Gasteiger charge is 2.11. The second-order valence-electron chi connectivity index (χ2n) is 3.62. The zero-order valence-corrected chi connectivity index (χ0v) is 11.2. The van der Waals surface area contributed by atoms with Gasteiger partial charge in [0.15, 0.2) is 0 Å². The molecule has 6 nitrogen and oxygen atoms in total. The summed E-state index contributed by atoms with van der Waals surface area (Å²) >= 11 is 5.70. The Labute approximate surface area is 110 Å². The monoisotopic (exact) mass is 293 g/mol. The molecule has 0 N–H and O–H groups in total. The van der Waals surface area contributed by atoms with E-state index in [-0.39, 0.29) is 24.6 Å². The number of benzene rings is 1. The Hall–Kier alpha value is -1.18. The molecule has 0 saturated carbocycles. The van der Waals surface area contributed by atoms with E-state index < -0.39 is 15.0 Å². The Balaban J connectivity index is 2.85. The lowest BCUT2D eigenvalue weighted by molar-refractivity contribution is -0.384. The van der Waals surface area contributed by atoms with Crippen molar-refractivity contribution in [2.45, 2.75) is 12.3 Å². The van der Waals surface area contributed by atoms with Crippen molar-refractivity contribution in [1.29, 1.82) is 0 Å². The first-order valence-corrected chi connectivity index (χ1v) is 7.35. The second kappa shape index (κ2) is 6.12. The Morgan fingerprint density at radius 2 is 2.06 bits per heavy atom. The number of non-ortho nitro benzene ring substituents is 1. The lowest BCUT2D eigenvalue weighted by Gasteiger charge is -2.06. The maximum absolute atomic E-state index is 10.8. The first kappa shape index (κ1) is 14.9. The van der Waals surface area contributed by atoms with Crippen LogP contribution in [0.2, 0.25) is 0 Å². The van der Waals surface area contributed by atoms with Gasteiger partial charge in [0.05, 0.1) is 17.8 Å². The molecule has 0 radical (unpaired) electrons. The van der Waals surface area contributed by atoms with Crippen molar-refractivity contribution in [2.24, 2.45) is 0 Å². The number of nitro groups is 1. The predicted octanol–water partition coefficient (Wildman–Crippen LogP) is 1.85. The highest BCUT2D eigenvalue weighted by atomic mass is 35.5. The third kappa shape index (κ3) is 4.59. The topological polar surface area (TPSA) is 86.5 Å². The average Bonchev–Trinajstić information content (AvgIpc) is 2.27. The van der Waals surface area contributed by atoms with Gasteiger partial charge in [-0.05, 0) is 17.5 Å². The van der Waals surface area contributed by atoms with Gasteiger partial charge in [-0.2, -0.15) is 8.42 Å². The normalized spacial score (nSPS) is 11.4.